The van der Waals surface area contributed by atoms with E-state index in [1.165, 1.54) is 6.33 Å². The molecule has 156 valence electrons. The van der Waals surface area contributed by atoms with Crippen LogP contribution in [0.4, 0.5) is 0 Å². The maximum atomic E-state index is 12.2. The largest absolute Gasteiger partial charge is 0.451 e. The highest BCUT2D eigenvalue weighted by molar-refractivity contribution is 5.89. The molecule has 7 nitrogen and oxygen atoms in total. The number of nitrogens with one attached hydrogen (secondary N) is 1. The summed E-state index contributed by atoms with van der Waals surface area (Å²) >= 11 is 0. The van der Waals surface area contributed by atoms with Crippen LogP contribution in [0.3, 0.4) is 0 Å². The van der Waals surface area contributed by atoms with E-state index >= 15 is 0 Å². The zero-order chi connectivity index (χ0) is 21.3. The molecular weight excluding hydrogens is 382 g/mol. The zero-order valence-electron chi connectivity index (χ0n) is 17.1. The molecule has 0 saturated carbocycles. The fourth-order valence-corrected chi connectivity index (χ4v) is 2.75. The van der Waals surface area contributed by atoms with E-state index in [4.69, 9.17) is 9.47 Å². The maximum absolute atomic E-state index is 12.2. The number of carbonyl (C=O) groups excluding carboxylic acids is 2. The molecule has 0 radical (unpaired) electrons. The number of amides is 1. The molecule has 3 aromatic rings. The second-order valence-corrected chi connectivity index (χ2v) is 6.98. The normalized spacial score (nSPS) is 10.8. The van der Waals surface area contributed by atoms with E-state index in [-0.39, 0.29) is 24.3 Å². The average Bonchev–Trinajstić information content (AvgIpc) is 3.26. The van der Waals surface area contributed by atoms with Gasteiger partial charge in [0, 0.05) is 18.4 Å². The molecule has 1 heterocycles. The highest BCUT2D eigenvalue weighted by atomic mass is 16.5. The summed E-state index contributed by atoms with van der Waals surface area (Å²) < 4.78 is 12.4. The fourth-order valence-electron chi connectivity index (χ4n) is 2.75. The van der Waals surface area contributed by atoms with Gasteiger partial charge in [0.2, 0.25) is 0 Å². The van der Waals surface area contributed by atoms with Crippen LogP contribution in [0, 0.1) is 0 Å². The fraction of sp³-hybridized carbons (Fsp3) is 0.261. The van der Waals surface area contributed by atoms with Crippen molar-refractivity contribution >= 4 is 11.9 Å². The predicted molar refractivity (Wildman–Crippen MR) is 112 cm³/mol. The van der Waals surface area contributed by atoms with Gasteiger partial charge in [0.25, 0.3) is 5.91 Å². The Morgan fingerprint density at radius 1 is 1.03 bits per heavy atom. The van der Waals surface area contributed by atoms with Gasteiger partial charge in [-0.05, 0) is 37.1 Å². The predicted octanol–water partition coefficient (Wildman–Crippen LogP) is 3.27. The first-order valence-corrected chi connectivity index (χ1v) is 9.74. The van der Waals surface area contributed by atoms with Gasteiger partial charge in [0.1, 0.15) is 6.33 Å². The summed E-state index contributed by atoms with van der Waals surface area (Å²) in [7, 11) is 0. The van der Waals surface area contributed by atoms with Crippen LogP contribution in [0.1, 0.15) is 35.5 Å². The van der Waals surface area contributed by atoms with Crippen LogP contribution in [-0.2, 0) is 27.4 Å². The first-order valence-electron chi connectivity index (χ1n) is 9.74. The Bertz CT molecular complexity index is 983. The van der Waals surface area contributed by atoms with Gasteiger partial charge in [-0.15, -0.1) is 0 Å². The number of benzene rings is 2. The molecule has 0 saturated heterocycles. The SMILES string of the molecule is CC(C)OCc1ccccc1CNC(=O)COC(=O)c1cn(-c2ccccc2)cn1. The monoisotopic (exact) mass is 407 g/mol. The van der Waals surface area contributed by atoms with Crippen LogP contribution in [0.5, 0.6) is 0 Å². The second-order valence-electron chi connectivity index (χ2n) is 6.98. The minimum atomic E-state index is -0.648. The Morgan fingerprint density at radius 2 is 1.73 bits per heavy atom. The van der Waals surface area contributed by atoms with Gasteiger partial charge in [-0.3, -0.25) is 4.79 Å². The molecule has 30 heavy (non-hydrogen) atoms. The molecule has 3 rings (SSSR count). The number of nitrogens with zero attached hydrogens (tertiary/aromatic N) is 2. The Balaban J connectivity index is 1.48. The molecule has 0 atom stereocenters. The van der Waals surface area contributed by atoms with Crippen molar-refractivity contribution in [3.05, 3.63) is 83.9 Å². The third-order valence-corrected chi connectivity index (χ3v) is 4.35. The van der Waals surface area contributed by atoms with E-state index in [2.05, 4.69) is 10.3 Å². The number of hydrogen-bond acceptors (Lipinski definition) is 5. The third kappa shape index (κ3) is 6.02. The van der Waals surface area contributed by atoms with Crippen LogP contribution in [0.25, 0.3) is 5.69 Å². The molecule has 0 aliphatic rings. The van der Waals surface area contributed by atoms with E-state index in [1.54, 1.807) is 10.8 Å². The van der Waals surface area contributed by atoms with E-state index in [0.717, 1.165) is 16.8 Å². The van der Waals surface area contributed by atoms with Gasteiger partial charge in [0.05, 0.1) is 12.7 Å². The quantitative estimate of drug-likeness (QED) is 0.551. The molecule has 0 fully saturated rings. The number of imidazole rings is 1. The minimum Gasteiger partial charge on any atom is -0.451 e. The number of para-hydroxylation sites is 1. The summed E-state index contributed by atoms with van der Waals surface area (Å²) in [5.74, 6) is -1.03. The van der Waals surface area contributed by atoms with Gasteiger partial charge in [-0.25, -0.2) is 9.78 Å². The Hall–Kier alpha value is -3.45. The minimum absolute atomic E-state index is 0.123. The summed E-state index contributed by atoms with van der Waals surface area (Å²) in [6.45, 7) is 4.38. The molecule has 0 spiro atoms. The highest BCUT2D eigenvalue weighted by Crippen LogP contribution is 2.11. The molecule has 1 N–H and O–H groups in total. The van der Waals surface area contributed by atoms with Gasteiger partial charge >= 0.3 is 5.97 Å². The lowest BCUT2D eigenvalue weighted by atomic mass is 10.1. The van der Waals surface area contributed by atoms with Crippen molar-refractivity contribution in [2.75, 3.05) is 6.61 Å². The second kappa shape index (κ2) is 10.4. The van der Waals surface area contributed by atoms with Gasteiger partial charge < -0.3 is 19.4 Å². The van der Waals surface area contributed by atoms with Gasteiger partial charge in [-0.2, -0.15) is 0 Å². The van der Waals surface area contributed by atoms with Crippen molar-refractivity contribution in [2.45, 2.75) is 33.1 Å². The molecule has 0 aliphatic heterocycles. The molecular formula is C23H25N3O4. The van der Waals surface area contributed by atoms with Crippen LogP contribution >= 0.6 is 0 Å². The maximum Gasteiger partial charge on any atom is 0.359 e. The lowest BCUT2D eigenvalue weighted by Crippen LogP contribution is -2.28. The van der Waals surface area contributed by atoms with Crippen molar-refractivity contribution in [2.24, 2.45) is 0 Å². The van der Waals surface area contributed by atoms with Crippen LogP contribution in [-0.4, -0.2) is 34.1 Å². The van der Waals surface area contributed by atoms with E-state index < -0.39 is 5.97 Å². The summed E-state index contributed by atoms with van der Waals surface area (Å²) in [4.78, 5) is 28.3. The summed E-state index contributed by atoms with van der Waals surface area (Å²) in [5.41, 5.74) is 2.99. The molecule has 1 aromatic heterocycles. The van der Waals surface area contributed by atoms with Gasteiger partial charge in [0.15, 0.2) is 12.3 Å². The van der Waals surface area contributed by atoms with Crippen molar-refractivity contribution in [1.82, 2.24) is 14.9 Å². The standard InChI is InChI=1S/C23H25N3O4/c1-17(2)29-14-19-9-7-6-8-18(19)12-24-22(27)15-30-23(28)21-13-26(16-25-21)20-10-4-3-5-11-20/h3-11,13,16-17H,12,14-15H2,1-2H3,(H,24,27). The van der Waals surface area contributed by atoms with Gasteiger partial charge in [-0.1, -0.05) is 42.5 Å². The van der Waals surface area contributed by atoms with E-state index in [9.17, 15) is 9.59 Å². The lowest BCUT2D eigenvalue weighted by molar-refractivity contribution is -0.124. The number of esters is 1. The van der Waals surface area contributed by atoms with Crippen molar-refractivity contribution in [3.8, 4) is 5.69 Å². The molecule has 0 aliphatic carbocycles. The number of carbonyl (C=O) groups is 2. The van der Waals surface area contributed by atoms with Crippen molar-refractivity contribution in [3.63, 3.8) is 0 Å². The average molecular weight is 407 g/mol. The Morgan fingerprint density at radius 3 is 2.47 bits per heavy atom. The Kier molecular flexibility index (Phi) is 7.34. The first-order chi connectivity index (χ1) is 14.5. The number of aromatic nitrogens is 2. The summed E-state index contributed by atoms with van der Waals surface area (Å²) in [5, 5.41) is 2.77. The number of rotatable bonds is 9. The van der Waals surface area contributed by atoms with Crippen LogP contribution < -0.4 is 5.32 Å². The molecule has 7 heteroatoms. The lowest BCUT2D eigenvalue weighted by Gasteiger charge is -2.13. The van der Waals surface area contributed by atoms with Crippen LogP contribution in [0.15, 0.2) is 67.1 Å². The molecule has 0 bridgehead atoms. The van der Waals surface area contributed by atoms with E-state index in [1.807, 2.05) is 68.4 Å². The molecule has 2 aromatic carbocycles. The summed E-state index contributed by atoms with van der Waals surface area (Å²) in [6, 6.07) is 17.2. The number of hydrogen-bond donors (Lipinski definition) is 1. The highest BCUT2D eigenvalue weighted by Gasteiger charge is 2.14. The first kappa shape index (κ1) is 21.3. The van der Waals surface area contributed by atoms with Crippen LogP contribution in [0.2, 0.25) is 0 Å². The zero-order valence-corrected chi connectivity index (χ0v) is 17.1. The molecule has 1 amide bonds. The number of ether oxygens (including phenoxy) is 2. The summed E-state index contributed by atoms with van der Waals surface area (Å²) in [6.07, 6.45) is 3.22. The van der Waals surface area contributed by atoms with Crippen molar-refractivity contribution in [1.29, 1.82) is 0 Å². The van der Waals surface area contributed by atoms with Crippen molar-refractivity contribution < 1.29 is 19.1 Å². The smallest absolute Gasteiger partial charge is 0.359 e. The van der Waals surface area contributed by atoms with E-state index in [0.29, 0.717) is 13.2 Å². The molecule has 0 unspecified atom stereocenters. The topological polar surface area (TPSA) is 82.5 Å². The Labute approximate surface area is 175 Å². The third-order valence-electron chi connectivity index (χ3n) is 4.35.